The first-order valence-corrected chi connectivity index (χ1v) is 4.15. The number of hydrogen-bond donors (Lipinski definition) is 0. The van der Waals surface area contributed by atoms with Crippen molar-refractivity contribution in [2.75, 3.05) is 14.2 Å². The van der Waals surface area contributed by atoms with Crippen LogP contribution in [0.3, 0.4) is 0 Å². The van der Waals surface area contributed by atoms with E-state index in [4.69, 9.17) is 17.3 Å². The molecule has 0 spiro atoms. The second-order valence-electron chi connectivity index (χ2n) is 2.23. The van der Waals surface area contributed by atoms with E-state index >= 15 is 0 Å². The maximum atomic E-state index is 5.67. The lowest BCUT2D eigenvalue weighted by molar-refractivity contribution is 0.393. The first-order valence-electron chi connectivity index (χ1n) is 3.36. The van der Waals surface area contributed by atoms with Gasteiger partial charge in [-0.3, -0.25) is 0 Å². The van der Waals surface area contributed by atoms with Crippen LogP contribution in [0.25, 0.3) is 0 Å². The molecule has 0 fully saturated rings. The Hall–Kier alpha value is -0.635. The van der Waals surface area contributed by atoms with Gasteiger partial charge in [0.1, 0.15) is 19.3 Å². The maximum absolute atomic E-state index is 5.67. The average molecular weight is 227 g/mol. The van der Waals surface area contributed by atoms with Crippen LogP contribution in [0.15, 0.2) is 16.6 Å². The summed E-state index contributed by atoms with van der Waals surface area (Å²) in [6, 6.07) is 3.49. The molecule has 1 aromatic rings. The van der Waals surface area contributed by atoms with E-state index < -0.39 is 0 Å². The minimum Gasteiger partial charge on any atom is -0.497 e. The molecule has 62 valence electrons. The molecule has 2 radical (unpaired) electrons. The Morgan fingerprint density at radius 3 is 2.42 bits per heavy atom. The molecular weight excluding hydrogens is 219 g/mol. The molecule has 0 N–H and O–H groups in total. The van der Waals surface area contributed by atoms with Gasteiger partial charge in [0, 0.05) is 6.07 Å². The Morgan fingerprint density at radius 2 is 1.92 bits per heavy atom. The molecule has 0 aromatic heterocycles. The fourth-order valence-corrected chi connectivity index (χ4v) is 1.25. The second-order valence-corrected chi connectivity index (χ2v) is 3.03. The van der Waals surface area contributed by atoms with Gasteiger partial charge in [-0.25, -0.2) is 0 Å². The molecule has 0 aliphatic carbocycles. The fraction of sp³-hybridized carbons (Fsp3) is 0.250. The summed E-state index contributed by atoms with van der Waals surface area (Å²) in [5.41, 5.74) is 0.603. The van der Waals surface area contributed by atoms with E-state index in [1.807, 2.05) is 0 Å². The van der Waals surface area contributed by atoms with Gasteiger partial charge < -0.3 is 9.47 Å². The molecule has 0 bridgehead atoms. The van der Waals surface area contributed by atoms with E-state index in [0.29, 0.717) is 17.0 Å². The molecule has 0 saturated carbocycles. The van der Waals surface area contributed by atoms with Crippen molar-refractivity contribution in [2.24, 2.45) is 0 Å². The lowest BCUT2D eigenvalue weighted by Crippen LogP contribution is -2.06. The lowest BCUT2D eigenvalue weighted by atomic mass is 9.96. The molecule has 2 nitrogen and oxygen atoms in total. The van der Waals surface area contributed by atoms with Crippen LogP contribution in [0.5, 0.6) is 11.5 Å². The van der Waals surface area contributed by atoms with Crippen molar-refractivity contribution in [1.82, 2.24) is 0 Å². The van der Waals surface area contributed by atoms with Crippen molar-refractivity contribution in [3.63, 3.8) is 0 Å². The predicted octanol–water partition coefficient (Wildman–Crippen LogP) is 1.26. The van der Waals surface area contributed by atoms with Gasteiger partial charge in [-0.1, -0.05) is 5.46 Å². The van der Waals surface area contributed by atoms with E-state index in [1.165, 1.54) is 0 Å². The molecule has 0 unspecified atom stereocenters. The zero-order valence-electron chi connectivity index (χ0n) is 6.93. The highest BCUT2D eigenvalue weighted by molar-refractivity contribution is 9.10. The minimum absolute atomic E-state index is 0.603. The minimum atomic E-state index is 0.603. The lowest BCUT2D eigenvalue weighted by Gasteiger charge is -2.08. The van der Waals surface area contributed by atoms with Crippen LogP contribution in [0.2, 0.25) is 0 Å². The molecule has 0 aliphatic heterocycles. The normalized spacial score (nSPS) is 9.58. The number of rotatable bonds is 2. The van der Waals surface area contributed by atoms with Crippen molar-refractivity contribution < 1.29 is 9.47 Å². The average Bonchev–Trinajstić information content (AvgIpc) is 2.09. The largest absolute Gasteiger partial charge is 0.497 e. The number of benzene rings is 1. The van der Waals surface area contributed by atoms with Gasteiger partial charge in [0.05, 0.1) is 18.7 Å². The van der Waals surface area contributed by atoms with Gasteiger partial charge in [0.25, 0.3) is 0 Å². The van der Waals surface area contributed by atoms with Gasteiger partial charge in [-0.2, -0.15) is 0 Å². The summed E-state index contributed by atoms with van der Waals surface area (Å²) < 4.78 is 10.8. The van der Waals surface area contributed by atoms with E-state index in [1.54, 1.807) is 26.4 Å². The molecule has 4 heteroatoms. The molecule has 0 saturated heterocycles. The quantitative estimate of drug-likeness (QED) is 0.708. The topological polar surface area (TPSA) is 18.5 Å². The highest BCUT2D eigenvalue weighted by Crippen LogP contribution is 2.26. The van der Waals surface area contributed by atoms with Crippen LogP contribution in [0, 0.1) is 0 Å². The number of hydrogen-bond acceptors (Lipinski definition) is 2. The Balaban J connectivity index is 3.19. The van der Waals surface area contributed by atoms with Gasteiger partial charge in [-0.05, 0) is 22.0 Å². The standard InChI is InChI=1S/C8H8BBrO2/c1-11-5-3-6(9)8(10)7(4-5)12-2/h3-4H,1-2H3. The smallest absolute Gasteiger partial charge is 0.136 e. The zero-order chi connectivity index (χ0) is 9.14. The summed E-state index contributed by atoms with van der Waals surface area (Å²) in [5.74, 6) is 1.36. The van der Waals surface area contributed by atoms with Crippen molar-refractivity contribution >= 4 is 29.2 Å². The van der Waals surface area contributed by atoms with Crippen molar-refractivity contribution in [2.45, 2.75) is 0 Å². The molecule has 12 heavy (non-hydrogen) atoms. The summed E-state index contributed by atoms with van der Waals surface area (Å²) in [5, 5.41) is 0. The Labute approximate surface area is 81.4 Å². The summed E-state index contributed by atoms with van der Waals surface area (Å²) in [6.07, 6.45) is 0. The third kappa shape index (κ3) is 1.75. The third-order valence-electron chi connectivity index (χ3n) is 1.50. The summed E-state index contributed by atoms with van der Waals surface area (Å²) in [7, 11) is 8.83. The van der Waals surface area contributed by atoms with Crippen LogP contribution < -0.4 is 14.9 Å². The molecule has 0 amide bonds. The van der Waals surface area contributed by atoms with E-state index in [0.717, 1.165) is 4.47 Å². The second kappa shape index (κ2) is 3.85. The molecule has 0 aliphatic rings. The summed E-state index contributed by atoms with van der Waals surface area (Å²) >= 11 is 3.30. The van der Waals surface area contributed by atoms with Crippen LogP contribution >= 0.6 is 15.9 Å². The van der Waals surface area contributed by atoms with E-state index in [-0.39, 0.29) is 0 Å². The highest BCUT2D eigenvalue weighted by Gasteiger charge is 2.04. The third-order valence-corrected chi connectivity index (χ3v) is 2.35. The Kier molecular flexibility index (Phi) is 3.03. The highest BCUT2D eigenvalue weighted by atomic mass is 79.9. The molecule has 1 aromatic carbocycles. The number of ether oxygens (including phenoxy) is 2. The number of halogens is 1. The van der Waals surface area contributed by atoms with Gasteiger partial charge in [0.2, 0.25) is 0 Å². The molecule has 0 atom stereocenters. The van der Waals surface area contributed by atoms with Gasteiger partial charge in [-0.15, -0.1) is 0 Å². The van der Waals surface area contributed by atoms with Crippen molar-refractivity contribution in [1.29, 1.82) is 0 Å². The first-order chi connectivity index (χ1) is 5.69. The van der Waals surface area contributed by atoms with E-state index in [2.05, 4.69) is 15.9 Å². The Morgan fingerprint density at radius 1 is 1.25 bits per heavy atom. The monoisotopic (exact) mass is 226 g/mol. The number of methoxy groups -OCH3 is 2. The zero-order valence-corrected chi connectivity index (χ0v) is 8.51. The van der Waals surface area contributed by atoms with Gasteiger partial charge >= 0.3 is 0 Å². The maximum Gasteiger partial charge on any atom is 0.136 e. The van der Waals surface area contributed by atoms with E-state index in [9.17, 15) is 0 Å². The summed E-state index contributed by atoms with van der Waals surface area (Å²) in [4.78, 5) is 0. The van der Waals surface area contributed by atoms with Crippen molar-refractivity contribution in [3.8, 4) is 11.5 Å². The molecule has 0 heterocycles. The predicted molar refractivity (Wildman–Crippen MR) is 52.6 cm³/mol. The first kappa shape index (κ1) is 9.45. The van der Waals surface area contributed by atoms with Crippen LogP contribution in [0.4, 0.5) is 0 Å². The van der Waals surface area contributed by atoms with Crippen LogP contribution in [-0.4, -0.2) is 22.1 Å². The van der Waals surface area contributed by atoms with Crippen LogP contribution in [-0.2, 0) is 0 Å². The Bertz CT molecular complexity index is 289. The molecule has 1 rings (SSSR count). The van der Waals surface area contributed by atoms with Crippen molar-refractivity contribution in [3.05, 3.63) is 16.6 Å². The summed E-state index contributed by atoms with van der Waals surface area (Å²) in [6.45, 7) is 0. The van der Waals surface area contributed by atoms with Gasteiger partial charge in [0.15, 0.2) is 0 Å². The van der Waals surface area contributed by atoms with Crippen LogP contribution in [0.1, 0.15) is 0 Å². The molecular formula is C8H8BBrO2. The fourth-order valence-electron chi connectivity index (χ4n) is 0.860. The SMILES string of the molecule is [B]c1cc(OC)cc(OC)c1Br.